The maximum Gasteiger partial charge on any atom is 0.274 e. The van der Waals surface area contributed by atoms with Crippen LogP contribution < -0.4 is 15.1 Å². The van der Waals surface area contributed by atoms with Crippen LogP contribution in [0, 0.1) is 5.92 Å². The van der Waals surface area contributed by atoms with Gasteiger partial charge in [0, 0.05) is 37.6 Å². The molecule has 1 saturated heterocycles. The molecule has 1 amide bonds. The number of anilines is 3. The van der Waals surface area contributed by atoms with Crippen molar-refractivity contribution in [3.8, 4) is 0 Å². The molecule has 1 aliphatic heterocycles. The molecule has 1 unspecified atom stereocenters. The Bertz CT molecular complexity index is 738. The first-order valence-electron chi connectivity index (χ1n) is 9.98. The third-order valence-corrected chi connectivity index (χ3v) is 5.26. The summed E-state index contributed by atoms with van der Waals surface area (Å²) in [7, 11) is 0. The molecular formula is C22H30N4O. The molecule has 1 aromatic carbocycles. The summed E-state index contributed by atoms with van der Waals surface area (Å²) in [4.78, 5) is 21.5. The second kappa shape index (κ2) is 8.89. The molecule has 0 aliphatic carbocycles. The second-order valence-corrected chi connectivity index (χ2v) is 7.27. The van der Waals surface area contributed by atoms with Crippen LogP contribution in [-0.2, 0) is 0 Å². The van der Waals surface area contributed by atoms with Gasteiger partial charge in [0.2, 0.25) is 0 Å². The van der Waals surface area contributed by atoms with Gasteiger partial charge in [-0.2, -0.15) is 0 Å². The van der Waals surface area contributed by atoms with E-state index < -0.39 is 0 Å². The number of hydrogen-bond donors (Lipinski definition) is 1. The molecule has 1 aliphatic rings. The van der Waals surface area contributed by atoms with E-state index >= 15 is 0 Å². The fourth-order valence-electron chi connectivity index (χ4n) is 3.67. The molecule has 3 rings (SSSR count). The summed E-state index contributed by atoms with van der Waals surface area (Å²) in [5, 5.41) is 2.93. The molecule has 1 N–H and O–H groups in total. The number of amides is 1. The number of pyridine rings is 1. The van der Waals surface area contributed by atoms with Crippen molar-refractivity contribution in [3.05, 3.63) is 48.3 Å². The van der Waals surface area contributed by atoms with Gasteiger partial charge in [0.25, 0.3) is 5.91 Å². The molecule has 144 valence electrons. The van der Waals surface area contributed by atoms with E-state index in [2.05, 4.69) is 40.9 Å². The lowest BCUT2D eigenvalue weighted by Crippen LogP contribution is -2.34. The molecule has 1 aromatic heterocycles. The average molecular weight is 367 g/mol. The summed E-state index contributed by atoms with van der Waals surface area (Å²) in [6.07, 6.45) is 4.32. The van der Waals surface area contributed by atoms with E-state index in [0.717, 1.165) is 43.2 Å². The molecule has 0 saturated carbocycles. The third kappa shape index (κ3) is 4.79. The molecule has 0 spiro atoms. The lowest BCUT2D eigenvalue weighted by atomic mass is 10.00. The SMILES string of the molecule is CCN(CC)c1ccc(NC(=O)c2ccc(N3CCCC(C)C3)cn2)cc1. The first-order valence-corrected chi connectivity index (χ1v) is 9.98. The van der Waals surface area contributed by atoms with Crippen molar-refractivity contribution >= 4 is 23.0 Å². The number of hydrogen-bond acceptors (Lipinski definition) is 4. The van der Waals surface area contributed by atoms with Crippen molar-refractivity contribution in [2.75, 3.05) is 41.3 Å². The standard InChI is InChI=1S/C22H30N4O/c1-4-25(5-2)19-10-8-18(9-11-19)24-22(27)21-13-12-20(15-23-21)26-14-6-7-17(3)16-26/h8-13,15,17H,4-7,14,16H2,1-3H3,(H,24,27). The lowest BCUT2D eigenvalue weighted by molar-refractivity contribution is 0.102. The fraction of sp³-hybridized carbons (Fsp3) is 0.455. The van der Waals surface area contributed by atoms with Gasteiger partial charge in [0.1, 0.15) is 5.69 Å². The normalized spacial score (nSPS) is 16.9. The Morgan fingerprint density at radius 3 is 2.52 bits per heavy atom. The molecule has 0 radical (unpaired) electrons. The van der Waals surface area contributed by atoms with E-state index in [1.54, 1.807) is 0 Å². The van der Waals surface area contributed by atoms with E-state index in [9.17, 15) is 4.79 Å². The van der Waals surface area contributed by atoms with E-state index in [-0.39, 0.29) is 5.91 Å². The van der Waals surface area contributed by atoms with Gasteiger partial charge in [-0.15, -0.1) is 0 Å². The highest BCUT2D eigenvalue weighted by Gasteiger charge is 2.17. The van der Waals surface area contributed by atoms with Crippen LogP contribution in [0.4, 0.5) is 17.1 Å². The van der Waals surface area contributed by atoms with Crippen LogP contribution in [0.15, 0.2) is 42.6 Å². The Morgan fingerprint density at radius 2 is 1.93 bits per heavy atom. The summed E-state index contributed by atoms with van der Waals surface area (Å²) in [5.41, 5.74) is 3.49. The van der Waals surface area contributed by atoms with Crippen LogP contribution >= 0.6 is 0 Å². The summed E-state index contributed by atoms with van der Waals surface area (Å²) in [6, 6.07) is 11.8. The molecule has 27 heavy (non-hydrogen) atoms. The average Bonchev–Trinajstić information content (AvgIpc) is 2.70. The van der Waals surface area contributed by atoms with Gasteiger partial charge in [-0.25, -0.2) is 4.98 Å². The van der Waals surface area contributed by atoms with Gasteiger partial charge in [0.05, 0.1) is 11.9 Å². The first kappa shape index (κ1) is 19.2. The lowest BCUT2D eigenvalue weighted by Gasteiger charge is -2.32. The largest absolute Gasteiger partial charge is 0.372 e. The minimum Gasteiger partial charge on any atom is -0.372 e. The summed E-state index contributed by atoms with van der Waals surface area (Å²) in [6.45, 7) is 10.6. The van der Waals surface area contributed by atoms with Crippen molar-refractivity contribution in [1.29, 1.82) is 0 Å². The van der Waals surface area contributed by atoms with Crippen molar-refractivity contribution in [1.82, 2.24) is 4.98 Å². The minimum absolute atomic E-state index is 0.177. The molecule has 2 heterocycles. The van der Waals surface area contributed by atoms with Gasteiger partial charge in [-0.3, -0.25) is 4.79 Å². The summed E-state index contributed by atoms with van der Waals surface area (Å²) in [5.74, 6) is 0.533. The first-order chi connectivity index (χ1) is 13.1. The van der Waals surface area contributed by atoms with Gasteiger partial charge in [-0.1, -0.05) is 6.92 Å². The van der Waals surface area contributed by atoms with Crippen LogP contribution in [0.3, 0.4) is 0 Å². The van der Waals surface area contributed by atoms with E-state index in [0.29, 0.717) is 11.6 Å². The van der Waals surface area contributed by atoms with Gasteiger partial charge >= 0.3 is 0 Å². The van der Waals surface area contributed by atoms with E-state index in [4.69, 9.17) is 0 Å². The predicted molar refractivity (Wildman–Crippen MR) is 113 cm³/mol. The molecule has 1 atom stereocenters. The second-order valence-electron chi connectivity index (χ2n) is 7.27. The smallest absolute Gasteiger partial charge is 0.274 e. The Morgan fingerprint density at radius 1 is 1.19 bits per heavy atom. The number of piperidine rings is 1. The quantitative estimate of drug-likeness (QED) is 0.822. The third-order valence-electron chi connectivity index (χ3n) is 5.26. The number of nitrogens with zero attached hydrogens (tertiary/aromatic N) is 3. The Hall–Kier alpha value is -2.56. The van der Waals surface area contributed by atoms with Crippen LogP contribution in [-0.4, -0.2) is 37.1 Å². The number of rotatable bonds is 6. The Balaban J connectivity index is 1.62. The number of carbonyl (C=O) groups is 1. The van der Waals surface area contributed by atoms with Gasteiger partial charge in [-0.05, 0) is 69.0 Å². The topological polar surface area (TPSA) is 48.5 Å². The fourth-order valence-corrected chi connectivity index (χ4v) is 3.67. The molecule has 0 bridgehead atoms. The van der Waals surface area contributed by atoms with Crippen molar-refractivity contribution < 1.29 is 4.79 Å². The zero-order chi connectivity index (χ0) is 19.2. The van der Waals surface area contributed by atoms with Crippen LogP contribution in [0.5, 0.6) is 0 Å². The Labute approximate surface area is 162 Å². The summed E-state index contributed by atoms with van der Waals surface area (Å²) < 4.78 is 0. The highest BCUT2D eigenvalue weighted by Crippen LogP contribution is 2.23. The molecule has 5 heteroatoms. The van der Waals surface area contributed by atoms with E-state index in [1.807, 2.05) is 42.6 Å². The van der Waals surface area contributed by atoms with Crippen molar-refractivity contribution in [2.45, 2.75) is 33.6 Å². The number of benzene rings is 1. The molecule has 1 fully saturated rings. The van der Waals surface area contributed by atoms with Gasteiger partial charge in [0.15, 0.2) is 0 Å². The number of nitrogens with one attached hydrogen (secondary N) is 1. The molecule has 2 aromatic rings. The monoisotopic (exact) mass is 366 g/mol. The van der Waals surface area contributed by atoms with Gasteiger partial charge < -0.3 is 15.1 Å². The van der Waals surface area contributed by atoms with Crippen LogP contribution in [0.1, 0.15) is 44.1 Å². The Kier molecular flexibility index (Phi) is 6.32. The maximum absolute atomic E-state index is 12.5. The van der Waals surface area contributed by atoms with Crippen LogP contribution in [0.25, 0.3) is 0 Å². The predicted octanol–water partition coefficient (Wildman–Crippen LogP) is 4.42. The summed E-state index contributed by atoms with van der Waals surface area (Å²) >= 11 is 0. The highest BCUT2D eigenvalue weighted by atomic mass is 16.1. The minimum atomic E-state index is -0.177. The number of carbonyl (C=O) groups excluding carboxylic acids is 1. The highest BCUT2D eigenvalue weighted by molar-refractivity contribution is 6.03. The molecule has 5 nitrogen and oxygen atoms in total. The zero-order valence-corrected chi connectivity index (χ0v) is 16.6. The number of aromatic nitrogens is 1. The maximum atomic E-state index is 12.5. The molecular weight excluding hydrogens is 336 g/mol. The van der Waals surface area contributed by atoms with Crippen molar-refractivity contribution in [3.63, 3.8) is 0 Å². The zero-order valence-electron chi connectivity index (χ0n) is 16.6. The van der Waals surface area contributed by atoms with E-state index in [1.165, 1.54) is 12.8 Å². The van der Waals surface area contributed by atoms with Crippen molar-refractivity contribution in [2.24, 2.45) is 5.92 Å². The van der Waals surface area contributed by atoms with Crippen LogP contribution in [0.2, 0.25) is 0 Å².